The topological polar surface area (TPSA) is 26.0 Å². The summed E-state index contributed by atoms with van der Waals surface area (Å²) >= 11 is 0. The lowest BCUT2D eigenvalue weighted by atomic mass is 9.88. The lowest BCUT2D eigenvalue weighted by molar-refractivity contribution is 1.76. The van der Waals surface area contributed by atoms with E-state index in [4.69, 9.17) is 5.73 Å². The monoisotopic (exact) mass is 155 g/mol. The van der Waals surface area contributed by atoms with Crippen molar-refractivity contribution in [3.63, 3.8) is 0 Å². The quantitative estimate of drug-likeness (QED) is 0.439. The number of hydrogen-bond acceptors (Lipinski definition) is 1. The molecular weight excluding hydrogens is 145 g/mol. The van der Waals surface area contributed by atoms with Gasteiger partial charge in [0.2, 0.25) is 0 Å². The van der Waals surface area contributed by atoms with E-state index in [0.29, 0.717) is 0 Å². The van der Waals surface area contributed by atoms with E-state index in [0.717, 1.165) is 5.69 Å². The Balaban J connectivity index is 2.91. The number of anilines is 1. The molecule has 2 rings (SSSR count). The third kappa shape index (κ3) is 0.963. The van der Waals surface area contributed by atoms with Gasteiger partial charge in [0.05, 0.1) is 0 Å². The molecular formula is C10H10BN. The second kappa shape index (κ2) is 2.56. The first-order valence-corrected chi connectivity index (χ1v) is 4.03. The van der Waals surface area contributed by atoms with Crippen LogP contribution in [0.4, 0.5) is 5.69 Å². The van der Waals surface area contributed by atoms with Crippen LogP contribution in [0, 0.1) is 0 Å². The van der Waals surface area contributed by atoms with E-state index in [-0.39, 0.29) is 0 Å². The molecule has 0 aliphatic heterocycles. The second-order valence-electron chi connectivity index (χ2n) is 3.00. The van der Waals surface area contributed by atoms with E-state index in [1.165, 1.54) is 16.2 Å². The fourth-order valence-electron chi connectivity index (χ4n) is 1.44. The summed E-state index contributed by atoms with van der Waals surface area (Å²) in [5.41, 5.74) is 7.83. The third-order valence-corrected chi connectivity index (χ3v) is 2.24. The molecule has 2 aromatic rings. The van der Waals surface area contributed by atoms with Gasteiger partial charge in [-0.15, -0.1) is 0 Å². The molecule has 0 unspecified atom stereocenters. The maximum atomic E-state index is 5.79. The maximum absolute atomic E-state index is 5.79. The van der Waals surface area contributed by atoms with Crippen LogP contribution in [0.3, 0.4) is 0 Å². The van der Waals surface area contributed by atoms with Gasteiger partial charge in [0.25, 0.3) is 0 Å². The number of fused-ring (bicyclic) bond motifs is 1. The lowest BCUT2D eigenvalue weighted by Crippen LogP contribution is -2.10. The van der Waals surface area contributed by atoms with Gasteiger partial charge < -0.3 is 5.73 Å². The molecule has 0 bridgehead atoms. The Hall–Kier alpha value is -1.44. The van der Waals surface area contributed by atoms with E-state index in [2.05, 4.69) is 26.0 Å². The van der Waals surface area contributed by atoms with Crippen molar-refractivity contribution in [2.45, 2.75) is 0 Å². The van der Waals surface area contributed by atoms with E-state index < -0.39 is 0 Å². The van der Waals surface area contributed by atoms with Crippen LogP contribution in [0.1, 0.15) is 0 Å². The van der Waals surface area contributed by atoms with Crippen molar-refractivity contribution in [3.8, 4) is 0 Å². The highest BCUT2D eigenvalue weighted by Crippen LogP contribution is 2.13. The molecule has 0 spiro atoms. The molecule has 2 heteroatoms. The summed E-state index contributed by atoms with van der Waals surface area (Å²) in [6, 6.07) is 12.3. The second-order valence-corrected chi connectivity index (χ2v) is 3.00. The minimum atomic E-state index is 0.869. The van der Waals surface area contributed by atoms with Crippen molar-refractivity contribution in [3.05, 3.63) is 36.4 Å². The van der Waals surface area contributed by atoms with Gasteiger partial charge >= 0.3 is 0 Å². The number of nitrogen functional groups attached to an aromatic ring is 1. The van der Waals surface area contributed by atoms with Gasteiger partial charge in [0, 0.05) is 5.69 Å². The van der Waals surface area contributed by atoms with Crippen LogP contribution >= 0.6 is 0 Å². The van der Waals surface area contributed by atoms with Crippen LogP contribution in [-0.2, 0) is 0 Å². The minimum Gasteiger partial charge on any atom is -0.399 e. The zero-order valence-corrected chi connectivity index (χ0v) is 7.04. The van der Waals surface area contributed by atoms with Gasteiger partial charge in [-0.2, -0.15) is 0 Å². The van der Waals surface area contributed by atoms with E-state index in [1.807, 2.05) is 18.2 Å². The Bertz CT molecular complexity index is 423. The van der Waals surface area contributed by atoms with Gasteiger partial charge in [-0.3, -0.25) is 0 Å². The van der Waals surface area contributed by atoms with Gasteiger partial charge in [-0.25, -0.2) is 0 Å². The summed E-state index contributed by atoms with van der Waals surface area (Å²) in [5.74, 6) is 0. The van der Waals surface area contributed by atoms with Crippen molar-refractivity contribution in [2.75, 3.05) is 5.73 Å². The molecule has 0 amide bonds. The van der Waals surface area contributed by atoms with Gasteiger partial charge in [0.15, 0.2) is 0 Å². The molecule has 58 valence electrons. The summed E-state index contributed by atoms with van der Waals surface area (Å²) < 4.78 is 0. The van der Waals surface area contributed by atoms with E-state index >= 15 is 0 Å². The predicted octanol–water partition coefficient (Wildman–Crippen LogP) is 0.680. The summed E-state index contributed by atoms with van der Waals surface area (Å²) in [7, 11) is 2.05. The molecule has 2 aromatic carbocycles. The first-order chi connectivity index (χ1) is 5.79. The fraction of sp³-hybridized carbons (Fsp3) is 0. The first-order valence-electron chi connectivity index (χ1n) is 4.03. The zero-order valence-electron chi connectivity index (χ0n) is 7.04. The van der Waals surface area contributed by atoms with Crippen LogP contribution in [0.2, 0.25) is 0 Å². The Morgan fingerprint density at radius 2 is 1.75 bits per heavy atom. The van der Waals surface area contributed by atoms with Crippen LogP contribution in [-0.4, -0.2) is 7.85 Å². The first kappa shape index (κ1) is 7.23. The number of rotatable bonds is 0. The maximum Gasteiger partial charge on any atom is 0.142 e. The highest BCUT2D eigenvalue weighted by Gasteiger charge is 1.97. The molecule has 2 N–H and O–H groups in total. The molecule has 0 aliphatic rings. The molecule has 0 radical (unpaired) electrons. The lowest BCUT2D eigenvalue weighted by Gasteiger charge is -2.04. The Morgan fingerprint density at radius 1 is 1.00 bits per heavy atom. The Kier molecular flexibility index (Phi) is 1.54. The molecule has 0 saturated carbocycles. The van der Waals surface area contributed by atoms with Gasteiger partial charge in [-0.05, 0) is 16.8 Å². The SMILES string of the molecule is Bc1c(N)ccc2ccccc12. The van der Waals surface area contributed by atoms with Crippen molar-refractivity contribution in [1.29, 1.82) is 0 Å². The van der Waals surface area contributed by atoms with Gasteiger partial charge in [-0.1, -0.05) is 35.8 Å². The Morgan fingerprint density at radius 3 is 2.58 bits per heavy atom. The van der Waals surface area contributed by atoms with Crippen molar-refractivity contribution < 1.29 is 0 Å². The minimum absolute atomic E-state index is 0.869. The highest BCUT2D eigenvalue weighted by molar-refractivity contribution is 6.42. The van der Waals surface area contributed by atoms with E-state index in [1.54, 1.807) is 0 Å². The number of nitrogens with two attached hydrogens (primary N) is 1. The fourth-order valence-corrected chi connectivity index (χ4v) is 1.44. The third-order valence-electron chi connectivity index (χ3n) is 2.24. The number of hydrogen-bond donors (Lipinski definition) is 1. The van der Waals surface area contributed by atoms with Crippen LogP contribution in [0.25, 0.3) is 10.8 Å². The standard InChI is InChI=1S/C10H10BN/c11-10-8-4-2-1-3-7(8)5-6-9(10)12/h1-6H,11-12H2. The molecule has 12 heavy (non-hydrogen) atoms. The summed E-state index contributed by atoms with van der Waals surface area (Å²) in [6.07, 6.45) is 0. The largest absolute Gasteiger partial charge is 0.399 e. The van der Waals surface area contributed by atoms with E-state index in [9.17, 15) is 0 Å². The smallest absolute Gasteiger partial charge is 0.142 e. The average Bonchev–Trinajstić information content (AvgIpc) is 2.12. The summed E-state index contributed by atoms with van der Waals surface area (Å²) in [5, 5.41) is 2.50. The van der Waals surface area contributed by atoms with Crippen molar-refractivity contribution in [2.24, 2.45) is 0 Å². The molecule has 0 atom stereocenters. The summed E-state index contributed by atoms with van der Waals surface area (Å²) in [6.45, 7) is 0. The summed E-state index contributed by atoms with van der Waals surface area (Å²) in [4.78, 5) is 0. The molecule has 0 aliphatic carbocycles. The average molecular weight is 155 g/mol. The zero-order chi connectivity index (χ0) is 8.55. The number of benzene rings is 2. The highest BCUT2D eigenvalue weighted by atomic mass is 14.5. The van der Waals surface area contributed by atoms with Crippen LogP contribution in [0.15, 0.2) is 36.4 Å². The van der Waals surface area contributed by atoms with Crippen molar-refractivity contribution in [1.82, 2.24) is 0 Å². The van der Waals surface area contributed by atoms with Gasteiger partial charge in [0.1, 0.15) is 7.85 Å². The molecule has 0 heterocycles. The Labute approximate surface area is 72.6 Å². The van der Waals surface area contributed by atoms with Crippen LogP contribution < -0.4 is 11.2 Å². The molecule has 1 nitrogen and oxygen atoms in total. The molecule has 0 fully saturated rings. The normalized spacial score (nSPS) is 10.3. The molecule has 0 saturated heterocycles. The molecule has 0 aromatic heterocycles. The van der Waals surface area contributed by atoms with Crippen LogP contribution in [0.5, 0.6) is 0 Å². The van der Waals surface area contributed by atoms with Crippen molar-refractivity contribution >= 4 is 29.8 Å². The predicted molar refractivity (Wildman–Crippen MR) is 56.5 cm³/mol.